The lowest BCUT2D eigenvalue weighted by molar-refractivity contribution is 0.346. The summed E-state index contributed by atoms with van der Waals surface area (Å²) in [5.41, 5.74) is 17.3. The Hall–Kier alpha value is -8.60. The molecule has 0 aliphatic heterocycles. The van der Waals surface area contributed by atoms with E-state index >= 15 is 0 Å². The van der Waals surface area contributed by atoms with Gasteiger partial charge in [0.25, 0.3) is 0 Å². The van der Waals surface area contributed by atoms with Gasteiger partial charge in [0, 0.05) is 71.3 Å². The first-order valence-electron chi connectivity index (χ1n) is 25.0. The smallest absolute Gasteiger partial charge is 0.0542 e. The Labute approximate surface area is 405 Å². The summed E-state index contributed by atoms with van der Waals surface area (Å²) in [6.07, 6.45) is 6.03. The Morgan fingerprint density at radius 1 is 0.229 bits per heavy atom. The molecule has 4 aromatic heterocycles. The summed E-state index contributed by atoms with van der Waals surface area (Å²) in [6, 6.07) is 86.2. The number of hydrogen-bond acceptors (Lipinski definition) is 0. The molecule has 15 rings (SSSR count). The van der Waals surface area contributed by atoms with Crippen LogP contribution in [0.15, 0.2) is 231 Å². The minimum atomic E-state index is -0.0502. The Morgan fingerprint density at radius 2 is 0.486 bits per heavy atom. The van der Waals surface area contributed by atoms with Crippen LogP contribution in [0.3, 0.4) is 0 Å². The quantitative estimate of drug-likeness (QED) is 0.158. The molecule has 70 heavy (non-hydrogen) atoms. The number of benzene rings is 10. The van der Waals surface area contributed by atoms with Gasteiger partial charge in [-0.25, -0.2) is 0 Å². The first-order chi connectivity index (χ1) is 34.7. The average molecular weight is 897 g/mol. The van der Waals surface area contributed by atoms with E-state index in [-0.39, 0.29) is 5.41 Å². The monoisotopic (exact) mass is 896 g/mol. The van der Waals surface area contributed by atoms with Crippen LogP contribution in [0.5, 0.6) is 0 Å². The zero-order chi connectivity index (χ0) is 45.9. The maximum Gasteiger partial charge on any atom is 0.0542 e. The van der Waals surface area contributed by atoms with Gasteiger partial charge >= 0.3 is 0 Å². The Balaban J connectivity index is 0.808. The maximum absolute atomic E-state index is 2.46. The van der Waals surface area contributed by atoms with E-state index < -0.39 is 0 Å². The van der Waals surface area contributed by atoms with Crippen LogP contribution in [-0.4, -0.2) is 18.3 Å². The van der Waals surface area contributed by atoms with Crippen molar-refractivity contribution in [3.05, 3.63) is 242 Å². The molecular weight excluding hydrogens is 849 g/mol. The van der Waals surface area contributed by atoms with Crippen molar-refractivity contribution >= 4 is 87.2 Å². The number of aromatic nitrogens is 4. The number of nitrogens with zero attached hydrogens (tertiary/aromatic N) is 4. The molecule has 0 radical (unpaired) electrons. The summed E-state index contributed by atoms with van der Waals surface area (Å²) in [5, 5.41) is 10.2. The molecule has 1 saturated carbocycles. The predicted molar refractivity (Wildman–Crippen MR) is 294 cm³/mol. The normalized spacial score (nSPS) is 14.1. The third-order valence-electron chi connectivity index (χ3n) is 16.1. The highest BCUT2D eigenvalue weighted by Crippen LogP contribution is 2.46. The summed E-state index contributed by atoms with van der Waals surface area (Å²) in [4.78, 5) is 0. The number of para-hydroxylation sites is 6. The first kappa shape index (κ1) is 39.4. The van der Waals surface area contributed by atoms with E-state index in [4.69, 9.17) is 0 Å². The molecule has 0 saturated heterocycles. The lowest BCUT2D eigenvalue weighted by Gasteiger charge is -2.39. The molecule has 10 aromatic carbocycles. The highest BCUT2D eigenvalue weighted by molar-refractivity contribution is 6.14. The standard InChI is InChI=1S/C66H48N4/c1-14-40-66(41-15-1,44-28-32-46(33-29-44)67-62-26-12-6-20-54(62)56-42-48(36-38-64(56)67)69-58-22-8-2-16-50(58)51-17-3-9-23-59(51)69)45-30-34-47(35-31-45)68-63-27-13-7-21-55(63)57-43-49(37-39-65(57)68)70-60-24-10-4-18-52(60)53-19-5-11-25-61(53)70/h2-13,16-39,42-43H,1,14-15,40-41H2. The molecule has 1 aliphatic carbocycles. The van der Waals surface area contributed by atoms with E-state index in [2.05, 4.69) is 249 Å². The Kier molecular flexibility index (Phi) is 8.56. The van der Waals surface area contributed by atoms with Gasteiger partial charge in [-0.1, -0.05) is 153 Å². The highest BCUT2D eigenvalue weighted by atomic mass is 15.0. The fourth-order valence-electron chi connectivity index (χ4n) is 12.9. The van der Waals surface area contributed by atoms with Gasteiger partial charge in [0.05, 0.1) is 44.1 Å². The minimum absolute atomic E-state index is 0.0502. The molecule has 4 heteroatoms. The second kappa shape index (κ2) is 15.2. The SMILES string of the molecule is c1ccc2c(c1)c1ccccc1n2-c1ccc2c(c1)c1ccccc1n2-c1ccc(C2(c3ccc(-n4c5ccccc5c5cc(-n6c7ccccc7c7ccccc76)ccc54)cc3)CCCCC2)cc1. The molecule has 0 bridgehead atoms. The molecular formula is C66H48N4. The van der Waals surface area contributed by atoms with Gasteiger partial charge in [-0.2, -0.15) is 0 Å². The molecule has 1 fully saturated rings. The van der Waals surface area contributed by atoms with E-state index in [1.54, 1.807) is 0 Å². The van der Waals surface area contributed by atoms with Gasteiger partial charge in [0.1, 0.15) is 0 Å². The van der Waals surface area contributed by atoms with Crippen molar-refractivity contribution in [2.45, 2.75) is 37.5 Å². The molecule has 0 amide bonds. The van der Waals surface area contributed by atoms with Crippen LogP contribution in [0.1, 0.15) is 43.2 Å². The molecule has 0 unspecified atom stereocenters. The number of hydrogen-bond donors (Lipinski definition) is 0. The first-order valence-corrected chi connectivity index (χ1v) is 25.0. The molecule has 1 aliphatic rings. The van der Waals surface area contributed by atoms with Crippen LogP contribution in [0.4, 0.5) is 0 Å². The predicted octanol–water partition coefficient (Wildman–Crippen LogP) is 17.3. The second-order valence-electron chi connectivity index (χ2n) is 19.6. The van der Waals surface area contributed by atoms with E-state index in [1.165, 1.54) is 140 Å². The van der Waals surface area contributed by atoms with Gasteiger partial charge in [-0.15, -0.1) is 0 Å². The molecule has 332 valence electrons. The van der Waals surface area contributed by atoms with Gasteiger partial charge in [0.15, 0.2) is 0 Å². The topological polar surface area (TPSA) is 19.7 Å². The van der Waals surface area contributed by atoms with Crippen molar-refractivity contribution in [1.82, 2.24) is 18.3 Å². The summed E-state index contributed by atoms with van der Waals surface area (Å²) >= 11 is 0. The fraction of sp³-hybridized carbons (Fsp3) is 0.0909. The lowest BCUT2D eigenvalue weighted by Crippen LogP contribution is -2.30. The molecule has 4 nitrogen and oxygen atoms in total. The van der Waals surface area contributed by atoms with Crippen LogP contribution in [0, 0.1) is 0 Å². The summed E-state index contributed by atoms with van der Waals surface area (Å²) in [6.45, 7) is 0. The largest absolute Gasteiger partial charge is 0.309 e. The van der Waals surface area contributed by atoms with E-state index in [9.17, 15) is 0 Å². The van der Waals surface area contributed by atoms with Crippen molar-refractivity contribution in [2.75, 3.05) is 0 Å². The Bertz CT molecular complexity index is 3990. The molecule has 0 N–H and O–H groups in total. The van der Waals surface area contributed by atoms with Gasteiger partial charge in [-0.05, 0) is 121 Å². The molecule has 14 aromatic rings. The lowest BCUT2D eigenvalue weighted by atomic mass is 9.65. The third-order valence-corrected chi connectivity index (χ3v) is 16.1. The van der Waals surface area contributed by atoms with Crippen LogP contribution in [-0.2, 0) is 5.41 Å². The van der Waals surface area contributed by atoms with E-state index in [1.807, 2.05) is 0 Å². The summed E-state index contributed by atoms with van der Waals surface area (Å²) in [5.74, 6) is 0. The van der Waals surface area contributed by atoms with Crippen molar-refractivity contribution in [2.24, 2.45) is 0 Å². The van der Waals surface area contributed by atoms with Gasteiger partial charge in [-0.3, -0.25) is 0 Å². The number of rotatable bonds is 6. The zero-order valence-corrected chi connectivity index (χ0v) is 38.8. The third kappa shape index (κ3) is 5.65. The molecule has 0 atom stereocenters. The van der Waals surface area contributed by atoms with Crippen molar-refractivity contribution in [3.63, 3.8) is 0 Å². The van der Waals surface area contributed by atoms with E-state index in [0.29, 0.717) is 0 Å². The minimum Gasteiger partial charge on any atom is -0.309 e. The van der Waals surface area contributed by atoms with Gasteiger partial charge in [0.2, 0.25) is 0 Å². The Morgan fingerprint density at radius 3 is 0.814 bits per heavy atom. The fourth-order valence-corrected chi connectivity index (χ4v) is 12.9. The van der Waals surface area contributed by atoms with Crippen LogP contribution in [0.25, 0.3) is 110 Å². The van der Waals surface area contributed by atoms with Gasteiger partial charge < -0.3 is 18.3 Å². The van der Waals surface area contributed by atoms with Crippen LogP contribution in [0.2, 0.25) is 0 Å². The van der Waals surface area contributed by atoms with Crippen LogP contribution >= 0.6 is 0 Å². The molecule has 4 heterocycles. The van der Waals surface area contributed by atoms with Crippen molar-refractivity contribution < 1.29 is 0 Å². The highest BCUT2D eigenvalue weighted by Gasteiger charge is 2.36. The van der Waals surface area contributed by atoms with E-state index in [0.717, 1.165) is 12.8 Å². The second-order valence-corrected chi connectivity index (χ2v) is 19.6. The zero-order valence-electron chi connectivity index (χ0n) is 38.8. The van der Waals surface area contributed by atoms with Crippen molar-refractivity contribution in [1.29, 1.82) is 0 Å². The number of fused-ring (bicyclic) bond motifs is 12. The maximum atomic E-state index is 2.46. The summed E-state index contributed by atoms with van der Waals surface area (Å²) in [7, 11) is 0. The average Bonchev–Trinajstić information content (AvgIpc) is 4.16. The summed E-state index contributed by atoms with van der Waals surface area (Å²) < 4.78 is 9.77. The molecule has 0 spiro atoms. The van der Waals surface area contributed by atoms with Crippen LogP contribution < -0.4 is 0 Å². The van der Waals surface area contributed by atoms with Crippen molar-refractivity contribution in [3.8, 4) is 22.7 Å².